The maximum Gasteiger partial charge on any atom is 0.275 e. The van der Waals surface area contributed by atoms with E-state index >= 15 is 0 Å². The highest BCUT2D eigenvalue weighted by molar-refractivity contribution is 6.01. The van der Waals surface area contributed by atoms with E-state index in [-0.39, 0.29) is 11.3 Å². The Morgan fingerprint density at radius 3 is 2.64 bits per heavy atom. The quantitative estimate of drug-likeness (QED) is 0.529. The Balaban J connectivity index is 1.74. The molecule has 28 heavy (non-hydrogen) atoms. The van der Waals surface area contributed by atoms with Gasteiger partial charge in [0.15, 0.2) is 0 Å². The van der Waals surface area contributed by atoms with E-state index in [1.165, 1.54) is 38.4 Å². The number of nitrogens with one attached hydrogen (secondary N) is 2. The minimum absolute atomic E-state index is 0.0657. The Bertz CT molecular complexity index is 858. The van der Waals surface area contributed by atoms with Crippen molar-refractivity contribution in [2.45, 2.75) is 32.7 Å². The van der Waals surface area contributed by atoms with Crippen molar-refractivity contribution in [3.05, 3.63) is 59.2 Å². The fourth-order valence-electron chi connectivity index (χ4n) is 3.56. The molecule has 148 valence electrons. The average molecular weight is 382 g/mol. The van der Waals surface area contributed by atoms with Crippen LogP contribution < -0.4 is 15.1 Å². The first-order valence-corrected chi connectivity index (χ1v) is 9.72. The fourth-order valence-corrected chi connectivity index (χ4v) is 3.56. The average Bonchev–Trinajstić information content (AvgIpc) is 2.73. The highest BCUT2D eigenvalue weighted by atomic mass is 16.5. The number of ether oxygens (including phenoxy) is 1. The number of likely N-dealkylation sites (tertiary alicyclic amines) is 1. The fraction of sp³-hybridized carbons (Fsp3) is 0.364. The number of carbonyl (C=O) groups excluding carboxylic acids is 1. The van der Waals surface area contributed by atoms with Crippen LogP contribution in [-0.4, -0.2) is 36.9 Å². The van der Waals surface area contributed by atoms with Crippen molar-refractivity contribution < 1.29 is 19.5 Å². The van der Waals surface area contributed by atoms with Gasteiger partial charge in [-0.1, -0.05) is 12.1 Å². The molecule has 6 heteroatoms. The van der Waals surface area contributed by atoms with Gasteiger partial charge >= 0.3 is 0 Å². The summed E-state index contributed by atoms with van der Waals surface area (Å²) in [5.41, 5.74) is 5.50. The summed E-state index contributed by atoms with van der Waals surface area (Å²) in [4.78, 5) is 13.8. The van der Waals surface area contributed by atoms with Crippen LogP contribution in [0.15, 0.2) is 47.6 Å². The Kier molecular flexibility index (Phi) is 6.66. The zero-order valence-electron chi connectivity index (χ0n) is 16.5. The standard InChI is InChI=1S/C22H27N3O3/c1-16(23-24-22(27)19-8-4-5-9-20(19)26)17-10-11-21(28-2)18(14-17)15-25-12-6-3-7-13-25/h4-5,8-11,14,26H,3,6-7,12-13,15H2,1-2H3,(H,24,27)/p+1/b23-16-. The number of nitrogens with zero attached hydrogens (tertiary/aromatic N) is 1. The summed E-state index contributed by atoms with van der Waals surface area (Å²) in [5, 5.41) is 14.0. The Morgan fingerprint density at radius 1 is 1.18 bits per heavy atom. The number of aromatic hydroxyl groups is 1. The number of carbonyl (C=O) groups is 1. The van der Waals surface area contributed by atoms with Gasteiger partial charge in [0.2, 0.25) is 0 Å². The Hall–Kier alpha value is -2.86. The smallest absolute Gasteiger partial charge is 0.275 e. The molecule has 0 spiro atoms. The number of amides is 1. The van der Waals surface area contributed by atoms with Gasteiger partial charge in [0.25, 0.3) is 5.91 Å². The SMILES string of the molecule is COc1ccc(/C(C)=N\NC(=O)c2ccccc2O)cc1C[NH+]1CCCCC1. The van der Waals surface area contributed by atoms with Gasteiger partial charge in [0.1, 0.15) is 18.0 Å². The van der Waals surface area contributed by atoms with Gasteiger partial charge < -0.3 is 14.7 Å². The van der Waals surface area contributed by atoms with Crippen LogP contribution in [0.25, 0.3) is 0 Å². The predicted octanol–water partition coefficient (Wildman–Crippen LogP) is 2.12. The molecule has 2 aromatic rings. The van der Waals surface area contributed by atoms with Crippen molar-refractivity contribution >= 4 is 11.6 Å². The monoisotopic (exact) mass is 382 g/mol. The van der Waals surface area contributed by atoms with E-state index in [1.807, 2.05) is 19.1 Å². The van der Waals surface area contributed by atoms with Crippen molar-refractivity contribution in [2.24, 2.45) is 5.10 Å². The molecule has 1 heterocycles. The third kappa shape index (κ3) is 4.89. The molecule has 1 saturated heterocycles. The molecule has 0 atom stereocenters. The van der Waals surface area contributed by atoms with Crippen molar-refractivity contribution in [2.75, 3.05) is 20.2 Å². The van der Waals surface area contributed by atoms with Crippen molar-refractivity contribution in [3.63, 3.8) is 0 Å². The van der Waals surface area contributed by atoms with Crippen LogP contribution in [0.5, 0.6) is 11.5 Å². The molecule has 3 rings (SSSR count). The van der Waals surface area contributed by atoms with Crippen LogP contribution in [-0.2, 0) is 6.54 Å². The zero-order valence-corrected chi connectivity index (χ0v) is 16.5. The number of para-hydroxylation sites is 1. The van der Waals surface area contributed by atoms with E-state index in [1.54, 1.807) is 30.2 Å². The lowest BCUT2D eigenvalue weighted by Crippen LogP contribution is -3.11. The van der Waals surface area contributed by atoms with E-state index in [4.69, 9.17) is 4.74 Å². The highest BCUT2D eigenvalue weighted by Crippen LogP contribution is 2.20. The topological polar surface area (TPSA) is 75.4 Å². The van der Waals surface area contributed by atoms with E-state index in [2.05, 4.69) is 16.6 Å². The van der Waals surface area contributed by atoms with E-state index in [9.17, 15) is 9.90 Å². The molecule has 0 bridgehead atoms. The number of rotatable bonds is 6. The Morgan fingerprint density at radius 2 is 1.93 bits per heavy atom. The number of benzene rings is 2. The van der Waals surface area contributed by atoms with Crippen molar-refractivity contribution in [1.82, 2.24) is 5.43 Å². The van der Waals surface area contributed by atoms with E-state index < -0.39 is 5.91 Å². The lowest BCUT2D eigenvalue weighted by atomic mass is 10.0. The second-order valence-corrected chi connectivity index (χ2v) is 7.17. The van der Waals surface area contributed by atoms with Gasteiger partial charge in [-0.15, -0.1) is 0 Å². The predicted molar refractivity (Wildman–Crippen MR) is 109 cm³/mol. The van der Waals surface area contributed by atoms with Crippen LogP contribution >= 0.6 is 0 Å². The van der Waals surface area contributed by atoms with Gasteiger partial charge in [0.05, 0.1) is 31.5 Å². The largest absolute Gasteiger partial charge is 0.507 e. The summed E-state index contributed by atoms with van der Waals surface area (Å²) in [6.45, 7) is 5.16. The normalized spacial score (nSPS) is 15.3. The summed E-state index contributed by atoms with van der Waals surface area (Å²) in [6.07, 6.45) is 3.87. The second kappa shape index (κ2) is 9.37. The lowest BCUT2D eigenvalue weighted by Gasteiger charge is -2.24. The first-order valence-electron chi connectivity index (χ1n) is 9.72. The minimum atomic E-state index is -0.441. The van der Waals surface area contributed by atoms with Crippen LogP contribution in [0.4, 0.5) is 0 Å². The number of hydrogen-bond acceptors (Lipinski definition) is 4. The van der Waals surface area contributed by atoms with Crippen LogP contribution in [0.3, 0.4) is 0 Å². The summed E-state index contributed by atoms with van der Waals surface area (Å²) in [6, 6.07) is 12.4. The van der Waals surface area contributed by atoms with Gasteiger partial charge in [-0.3, -0.25) is 4.79 Å². The highest BCUT2D eigenvalue weighted by Gasteiger charge is 2.17. The number of phenolic OH excluding ortho intramolecular Hbond substituents is 1. The first kappa shape index (κ1) is 19.9. The lowest BCUT2D eigenvalue weighted by molar-refractivity contribution is -0.918. The summed E-state index contributed by atoms with van der Waals surface area (Å²) < 4.78 is 5.54. The molecule has 0 aliphatic carbocycles. The molecule has 1 amide bonds. The molecule has 2 aromatic carbocycles. The molecule has 3 N–H and O–H groups in total. The molecule has 1 aliphatic rings. The molecule has 1 fully saturated rings. The number of hydrogen-bond donors (Lipinski definition) is 3. The minimum Gasteiger partial charge on any atom is -0.507 e. The second-order valence-electron chi connectivity index (χ2n) is 7.17. The first-order chi connectivity index (χ1) is 13.6. The summed E-state index contributed by atoms with van der Waals surface area (Å²) >= 11 is 0. The van der Waals surface area contributed by atoms with Crippen LogP contribution in [0.1, 0.15) is 47.7 Å². The molecular formula is C22H28N3O3+. The van der Waals surface area contributed by atoms with Crippen molar-refractivity contribution in [3.8, 4) is 11.5 Å². The maximum absolute atomic E-state index is 12.2. The maximum atomic E-state index is 12.2. The van der Waals surface area contributed by atoms with E-state index in [0.717, 1.165) is 23.4 Å². The van der Waals surface area contributed by atoms with Crippen LogP contribution in [0, 0.1) is 0 Å². The number of piperidine rings is 1. The molecular weight excluding hydrogens is 354 g/mol. The van der Waals surface area contributed by atoms with Gasteiger partial charge in [-0.05, 0) is 62.1 Å². The zero-order chi connectivity index (χ0) is 19.9. The Labute approximate surface area is 165 Å². The molecule has 0 aromatic heterocycles. The third-order valence-corrected chi connectivity index (χ3v) is 5.17. The third-order valence-electron chi connectivity index (χ3n) is 5.17. The molecule has 6 nitrogen and oxygen atoms in total. The van der Waals surface area contributed by atoms with E-state index in [0.29, 0.717) is 5.71 Å². The summed E-state index contributed by atoms with van der Waals surface area (Å²) in [7, 11) is 1.69. The number of phenols is 1. The molecule has 1 aliphatic heterocycles. The number of methoxy groups -OCH3 is 1. The number of quaternary nitrogens is 1. The molecule has 0 unspecified atom stereocenters. The molecule has 0 saturated carbocycles. The van der Waals surface area contributed by atoms with Gasteiger partial charge in [-0.2, -0.15) is 5.10 Å². The molecule has 0 radical (unpaired) electrons. The van der Waals surface area contributed by atoms with Gasteiger partial charge in [0, 0.05) is 5.56 Å². The van der Waals surface area contributed by atoms with Crippen molar-refractivity contribution in [1.29, 1.82) is 0 Å². The summed E-state index contributed by atoms with van der Waals surface area (Å²) in [5.74, 6) is 0.376. The number of hydrazone groups is 1. The van der Waals surface area contributed by atoms with Gasteiger partial charge in [-0.25, -0.2) is 5.43 Å². The van der Waals surface area contributed by atoms with Crippen LogP contribution in [0.2, 0.25) is 0 Å².